The molecule has 0 aliphatic heterocycles. The quantitative estimate of drug-likeness (QED) is 0.144. The van der Waals surface area contributed by atoms with Crippen LogP contribution in [0.5, 0.6) is 0 Å². The molecule has 296 valence electrons. The summed E-state index contributed by atoms with van der Waals surface area (Å²) < 4.78 is 2.27. The number of benzene rings is 9. The molecule has 63 heavy (non-hydrogen) atoms. The van der Waals surface area contributed by atoms with Gasteiger partial charge in [0.15, 0.2) is 11.6 Å². The Balaban J connectivity index is 1.21. The molecule has 2 aromatic heterocycles. The Morgan fingerprint density at radius 1 is 0.349 bits per heavy atom. The van der Waals surface area contributed by atoms with Crippen molar-refractivity contribution in [3.63, 3.8) is 0 Å². The van der Waals surface area contributed by atoms with Gasteiger partial charge in [-0.3, -0.25) is 4.57 Å². The number of rotatable bonds is 8. The average molecular weight is 805 g/mol. The second-order valence-electron chi connectivity index (χ2n) is 16.3. The summed E-state index contributed by atoms with van der Waals surface area (Å²) in [5.74, 6) is 1.89. The van der Waals surface area contributed by atoms with Gasteiger partial charge >= 0.3 is 0 Å². The van der Waals surface area contributed by atoms with Crippen LogP contribution in [0.4, 0.5) is 0 Å². The number of hydrogen-bond donors (Lipinski definition) is 0. The molecule has 1 unspecified atom stereocenters. The van der Waals surface area contributed by atoms with Crippen molar-refractivity contribution in [2.45, 2.75) is 11.3 Å². The van der Waals surface area contributed by atoms with Crippen LogP contribution < -0.4 is 0 Å². The smallest absolute Gasteiger partial charge is 0.238 e. The first-order chi connectivity index (χ1) is 31.3. The van der Waals surface area contributed by atoms with Gasteiger partial charge in [-0.15, -0.1) is 0 Å². The van der Waals surface area contributed by atoms with Gasteiger partial charge in [0.05, 0.1) is 16.4 Å². The van der Waals surface area contributed by atoms with Crippen LogP contribution in [-0.4, -0.2) is 19.5 Å². The van der Waals surface area contributed by atoms with E-state index in [1.165, 1.54) is 50.1 Å². The summed E-state index contributed by atoms with van der Waals surface area (Å²) in [4.78, 5) is 15.8. The highest BCUT2D eigenvalue weighted by Crippen LogP contribution is 2.52. The molecule has 0 bridgehead atoms. The lowest BCUT2D eigenvalue weighted by molar-refractivity contribution is 0.746. The number of nitrogens with zero attached hydrogens (tertiary/aromatic N) is 4. The second-order valence-corrected chi connectivity index (χ2v) is 16.3. The van der Waals surface area contributed by atoms with E-state index in [2.05, 4.69) is 205 Å². The molecule has 2 heterocycles. The fourth-order valence-corrected chi connectivity index (χ4v) is 10.1. The zero-order chi connectivity index (χ0) is 41.7. The Bertz CT molecular complexity index is 3270. The molecule has 1 aliphatic rings. The minimum absolute atomic E-state index is 0.0730. The third-order valence-electron chi connectivity index (χ3n) is 12.9. The number of aromatic nitrogens is 4. The molecular formula is C59H40N4. The monoisotopic (exact) mass is 804 g/mol. The fraction of sp³-hybridized carbons (Fsp3) is 0.0339. The molecule has 9 aromatic carbocycles. The van der Waals surface area contributed by atoms with Crippen LogP contribution in [0.3, 0.4) is 0 Å². The first-order valence-electron chi connectivity index (χ1n) is 21.6. The topological polar surface area (TPSA) is 43.6 Å². The van der Waals surface area contributed by atoms with E-state index in [0.717, 1.165) is 32.9 Å². The standard InChI is InChI=1S/C59H40N4/c1-7-21-40(22-8-1)55-48-34-20-19-33-47(48)49-38-51-50-37-46(59(43-27-13-4-14-28-43,44-29-15-5-16-30-44)45-31-17-6-18-32-45)35-36-53(50)63(54(51)39-52(49)55)58-61-56(41-23-9-2-10-24-41)60-57(62-58)42-25-11-3-12-26-42/h1-39,55H. The van der Waals surface area contributed by atoms with Crippen molar-refractivity contribution >= 4 is 21.8 Å². The largest absolute Gasteiger partial charge is 0.278 e. The van der Waals surface area contributed by atoms with E-state index in [1.807, 2.05) is 36.4 Å². The highest BCUT2D eigenvalue weighted by molar-refractivity contribution is 6.12. The second kappa shape index (κ2) is 15.1. The van der Waals surface area contributed by atoms with Crippen LogP contribution in [0.2, 0.25) is 0 Å². The molecule has 0 radical (unpaired) electrons. The maximum atomic E-state index is 5.34. The molecule has 12 rings (SSSR count). The van der Waals surface area contributed by atoms with E-state index in [9.17, 15) is 0 Å². The van der Waals surface area contributed by atoms with Crippen LogP contribution >= 0.6 is 0 Å². The Kier molecular flexibility index (Phi) is 8.75. The highest BCUT2D eigenvalue weighted by Gasteiger charge is 2.39. The predicted octanol–water partition coefficient (Wildman–Crippen LogP) is 13.8. The van der Waals surface area contributed by atoms with Crippen LogP contribution in [0.15, 0.2) is 237 Å². The summed E-state index contributed by atoms with van der Waals surface area (Å²) >= 11 is 0. The number of hydrogen-bond acceptors (Lipinski definition) is 3. The van der Waals surface area contributed by atoms with Crippen molar-refractivity contribution in [3.8, 4) is 39.9 Å². The van der Waals surface area contributed by atoms with Crippen molar-refractivity contribution in [1.29, 1.82) is 0 Å². The van der Waals surface area contributed by atoms with Gasteiger partial charge in [0.2, 0.25) is 5.95 Å². The van der Waals surface area contributed by atoms with E-state index in [-0.39, 0.29) is 5.92 Å². The molecule has 0 spiro atoms. The molecular weight excluding hydrogens is 765 g/mol. The van der Waals surface area contributed by atoms with E-state index in [4.69, 9.17) is 15.0 Å². The van der Waals surface area contributed by atoms with Crippen LogP contribution in [0.25, 0.3) is 61.7 Å². The van der Waals surface area contributed by atoms with Gasteiger partial charge in [-0.2, -0.15) is 9.97 Å². The van der Waals surface area contributed by atoms with Gasteiger partial charge in [0, 0.05) is 27.8 Å². The van der Waals surface area contributed by atoms with E-state index >= 15 is 0 Å². The predicted molar refractivity (Wildman–Crippen MR) is 256 cm³/mol. The lowest BCUT2D eigenvalue weighted by Gasteiger charge is -2.37. The van der Waals surface area contributed by atoms with Crippen molar-refractivity contribution < 1.29 is 0 Å². The molecule has 0 amide bonds. The first kappa shape index (κ1) is 36.6. The van der Waals surface area contributed by atoms with Crippen LogP contribution in [-0.2, 0) is 5.41 Å². The van der Waals surface area contributed by atoms with Gasteiger partial charge in [0.25, 0.3) is 0 Å². The zero-order valence-electron chi connectivity index (χ0n) is 34.4. The minimum atomic E-state index is -0.623. The Labute approximate surface area is 366 Å². The van der Waals surface area contributed by atoms with E-state index in [0.29, 0.717) is 17.6 Å². The zero-order valence-corrected chi connectivity index (χ0v) is 34.4. The molecule has 0 saturated carbocycles. The summed E-state index contributed by atoms with van der Waals surface area (Å²) in [5.41, 5.74) is 14.4. The molecule has 11 aromatic rings. The fourth-order valence-electron chi connectivity index (χ4n) is 10.1. The Morgan fingerprint density at radius 2 is 0.825 bits per heavy atom. The SMILES string of the molecule is c1ccc(-c2nc(-c3ccccc3)nc(-n3c4ccc(C(c5ccccc5)(c5ccccc5)c5ccccc5)cc4c4cc5c(cc43)C(c3ccccc3)c3ccccc3-5)n2)cc1. The van der Waals surface area contributed by atoms with Crippen LogP contribution in [0, 0.1) is 0 Å². The summed E-state index contributed by atoms with van der Waals surface area (Å²) in [6.07, 6.45) is 0. The maximum Gasteiger partial charge on any atom is 0.238 e. The molecule has 4 heteroatoms. The molecule has 1 atom stereocenters. The summed E-state index contributed by atoms with van der Waals surface area (Å²) in [6, 6.07) is 84.9. The normalized spacial score (nSPS) is 13.2. The minimum Gasteiger partial charge on any atom is -0.278 e. The average Bonchev–Trinajstić information content (AvgIpc) is 3.86. The Morgan fingerprint density at radius 3 is 1.38 bits per heavy atom. The molecule has 1 aliphatic carbocycles. The van der Waals surface area contributed by atoms with Gasteiger partial charge in [0.1, 0.15) is 0 Å². The molecule has 4 nitrogen and oxygen atoms in total. The lowest BCUT2D eigenvalue weighted by Crippen LogP contribution is -2.30. The number of fused-ring (bicyclic) bond motifs is 6. The van der Waals surface area contributed by atoms with Crippen molar-refractivity contribution in [2.24, 2.45) is 0 Å². The highest BCUT2D eigenvalue weighted by atomic mass is 15.2. The summed E-state index contributed by atoms with van der Waals surface area (Å²) in [6.45, 7) is 0. The molecule has 0 saturated heterocycles. The van der Waals surface area contributed by atoms with Gasteiger partial charge in [-0.25, -0.2) is 4.98 Å². The third kappa shape index (κ3) is 5.94. The van der Waals surface area contributed by atoms with E-state index in [1.54, 1.807) is 0 Å². The summed E-state index contributed by atoms with van der Waals surface area (Å²) in [7, 11) is 0. The molecule has 0 N–H and O–H groups in total. The van der Waals surface area contributed by atoms with E-state index < -0.39 is 5.41 Å². The van der Waals surface area contributed by atoms with Crippen molar-refractivity contribution in [2.75, 3.05) is 0 Å². The van der Waals surface area contributed by atoms with Crippen LogP contribution in [0.1, 0.15) is 44.9 Å². The first-order valence-corrected chi connectivity index (χ1v) is 21.6. The van der Waals surface area contributed by atoms with Crippen molar-refractivity contribution in [1.82, 2.24) is 19.5 Å². The van der Waals surface area contributed by atoms with Crippen molar-refractivity contribution in [3.05, 3.63) is 276 Å². The molecule has 0 fully saturated rings. The maximum absolute atomic E-state index is 5.34. The Hall–Kier alpha value is -8.21. The van der Waals surface area contributed by atoms with Gasteiger partial charge in [-0.05, 0) is 74.3 Å². The lowest BCUT2D eigenvalue weighted by atomic mass is 9.65. The third-order valence-corrected chi connectivity index (χ3v) is 12.9. The summed E-state index contributed by atoms with van der Waals surface area (Å²) in [5, 5.41) is 2.26. The van der Waals surface area contributed by atoms with Gasteiger partial charge < -0.3 is 0 Å². The van der Waals surface area contributed by atoms with Gasteiger partial charge in [-0.1, -0.05) is 212 Å².